The van der Waals surface area contributed by atoms with E-state index < -0.39 is 0 Å². The third-order valence-corrected chi connectivity index (χ3v) is 6.52. The molecule has 168 valence electrons. The highest BCUT2D eigenvalue weighted by Crippen LogP contribution is 2.30. The molecule has 6 heteroatoms. The summed E-state index contributed by atoms with van der Waals surface area (Å²) in [4.78, 5) is 19.7. The van der Waals surface area contributed by atoms with E-state index in [1.807, 2.05) is 41.9 Å². The van der Waals surface area contributed by atoms with Gasteiger partial charge in [0.05, 0.1) is 5.69 Å². The average Bonchev–Trinajstić information content (AvgIpc) is 3.26. The highest BCUT2D eigenvalue weighted by Gasteiger charge is 2.27. The third kappa shape index (κ3) is 4.33. The Labute approximate surface area is 194 Å². The number of aryl methyl sites for hydroxylation is 3. The molecule has 6 nitrogen and oxygen atoms in total. The Morgan fingerprint density at radius 3 is 2.45 bits per heavy atom. The van der Waals surface area contributed by atoms with Gasteiger partial charge >= 0.3 is 0 Å². The Morgan fingerprint density at radius 2 is 1.70 bits per heavy atom. The van der Waals surface area contributed by atoms with Crippen LogP contribution < -0.4 is 10.2 Å². The lowest BCUT2D eigenvalue weighted by atomic mass is 9.95. The predicted octanol–water partition coefficient (Wildman–Crippen LogP) is 5.18. The summed E-state index contributed by atoms with van der Waals surface area (Å²) in [5.74, 6) is 1.04. The standard InChI is InChI=1S/C27H29N5O/c1-18-5-8-22(9-6-18)29-27(33)21-10-13-31(14-11-21)26-25-17-24(30-32(25)15-12-28-26)23-16-19(2)4-7-20(23)3/h4-9,12,15-17,21H,10-11,13-14H2,1-3H3,(H,29,33). The summed E-state index contributed by atoms with van der Waals surface area (Å²) in [5.41, 5.74) is 7.57. The van der Waals surface area contributed by atoms with Crippen molar-refractivity contribution < 1.29 is 4.79 Å². The van der Waals surface area contributed by atoms with Gasteiger partial charge in [-0.3, -0.25) is 4.79 Å². The molecule has 0 unspecified atom stereocenters. The molecule has 1 saturated heterocycles. The van der Waals surface area contributed by atoms with E-state index in [2.05, 4.69) is 53.3 Å². The van der Waals surface area contributed by atoms with Gasteiger partial charge < -0.3 is 10.2 Å². The number of piperidine rings is 1. The number of benzene rings is 2. The van der Waals surface area contributed by atoms with E-state index in [1.54, 1.807) is 6.20 Å². The van der Waals surface area contributed by atoms with Crippen LogP contribution in [0.2, 0.25) is 0 Å². The molecule has 0 bridgehead atoms. The van der Waals surface area contributed by atoms with Crippen LogP contribution in [0.4, 0.5) is 11.5 Å². The van der Waals surface area contributed by atoms with Gasteiger partial charge in [0.1, 0.15) is 5.52 Å². The van der Waals surface area contributed by atoms with Gasteiger partial charge in [0, 0.05) is 42.7 Å². The SMILES string of the molecule is Cc1ccc(NC(=O)C2CCN(c3nccn4nc(-c5cc(C)ccc5C)cc34)CC2)cc1. The molecule has 0 aliphatic carbocycles. The van der Waals surface area contributed by atoms with Gasteiger partial charge in [0.2, 0.25) is 5.91 Å². The van der Waals surface area contributed by atoms with Crippen LogP contribution in [0.5, 0.6) is 0 Å². The summed E-state index contributed by atoms with van der Waals surface area (Å²) in [6.07, 6.45) is 5.31. The first-order valence-corrected chi connectivity index (χ1v) is 11.5. The molecule has 33 heavy (non-hydrogen) atoms. The molecule has 2 aromatic heterocycles. The molecule has 1 aliphatic heterocycles. The maximum atomic E-state index is 12.8. The van der Waals surface area contributed by atoms with Crippen LogP contribution in [-0.2, 0) is 4.79 Å². The normalized spacial score (nSPS) is 14.6. The quantitative estimate of drug-likeness (QED) is 0.476. The lowest BCUT2D eigenvalue weighted by Gasteiger charge is -2.32. The number of anilines is 2. The summed E-state index contributed by atoms with van der Waals surface area (Å²) in [6, 6.07) is 16.5. The van der Waals surface area contributed by atoms with Crippen molar-refractivity contribution in [3.05, 3.63) is 77.6 Å². The summed E-state index contributed by atoms with van der Waals surface area (Å²) < 4.78 is 1.91. The van der Waals surface area contributed by atoms with Crippen molar-refractivity contribution in [1.29, 1.82) is 0 Å². The van der Waals surface area contributed by atoms with Gasteiger partial charge in [-0.05, 0) is 63.4 Å². The number of hydrogen-bond acceptors (Lipinski definition) is 4. The predicted molar refractivity (Wildman–Crippen MR) is 133 cm³/mol. The first-order valence-electron chi connectivity index (χ1n) is 11.5. The molecule has 1 N–H and O–H groups in total. The highest BCUT2D eigenvalue weighted by molar-refractivity contribution is 5.92. The van der Waals surface area contributed by atoms with E-state index in [0.29, 0.717) is 0 Å². The average molecular weight is 440 g/mol. The Hall–Kier alpha value is -3.67. The second kappa shape index (κ2) is 8.70. The van der Waals surface area contributed by atoms with Gasteiger partial charge in [0.25, 0.3) is 0 Å². The van der Waals surface area contributed by atoms with E-state index in [9.17, 15) is 4.79 Å². The minimum absolute atomic E-state index is 0.0118. The number of aromatic nitrogens is 3. The molecule has 3 heterocycles. The largest absolute Gasteiger partial charge is 0.355 e. The van der Waals surface area contributed by atoms with Gasteiger partial charge in [-0.1, -0.05) is 35.4 Å². The van der Waals surface area contributed by atoms with Crippen LogP contribution in [0, 0.1) is 26.7 Å². The molecular weight excluding hydrogens is 410 g/mol. The maximum absolute atomic E-state index is 12.8. The van der Waals surface area contributed by atoms with Crippen LogP contribution in [0.15, 0.2) is 60.9 Å². The molecular formula is C27H29N5O. The fourth-order valence-electron chi connectivity index (χ4n) is 4.53. The molecule has 0 radical (unpaired) electrons. The van der Waals surface area contributed by atoms with E-state index in [-0.39, 0.29) is 11.8 Å². The summed E-state index contributed by atoms with van der Waals surface area (Å²) >= 11 is 0. The Kier molecular flexibility index (Phi) is 5.58. The summed E-state index contributed by atoms with van der Waals surface area (Å²) in [6.45, 7) is 7.85. The topological polar surface area (TPSA) is 62.5 Å². The zero-order chi connectivity index (χ0) is 22.9. The van der Waals surface area contributed by atoms with Crippen molar-refractivity contribution in [1.82, 2.24) is 14.6 Å². The smallest absolute Gasteiger partial charge is 0.227 e. The molecule has 0 atom stereocenters. The fraction of sp³-hybridized carbons (Fsp3) is 0.296. The van der Waals surface area contributed by atoms with Crippen molar-refractivity contribution in [2.75, 3.05) is 23.3 Å². The molecule has 0 saturated carbocycles. The number of rotatable bonds is 4. The Morgan fingerprint density at radius 1 is 0.970 bits per heavy atom. The van der Waals surface area contributed by atoms with E-state index >= 15 is 0 Å². The minimum Gasteiger partial charge on any atom is -0.355 e. The molecule has 1 fully saturated rings. The van der Waals surface area contributed by atoms with Crippen LogP contribution >= 0.6 is 0 Å². The molecule has 1 aliphatic rings. The summed E-state index contributed by atoms with van der Waals surface area (Å²) in [5, 5.41) is 7.89. The number of carbonyl (C=O) groups is 1. The number of amides is 1. The Balaban J connectivity index is 1.32. The van der Waals surface area contributed by atoms with Gasteiger partial charge in [-0.25, -0.2) is 9.50 Å². The highest BCUT2D eigenvalue weighted by atomic mass is 16.1. The number of nitrogens with one attached hydrogen (secondary N) is 1. The van der Waals surface area contributed by atoms with E-state index in [0.717, 1.165) is 54.2 Å². The number of nitrogens with zero attached hydrogens (tertiary/aromatic N) is 4. The maximum Gasteiger partial charge on any atom is 0.227 e. The molecule has 0 spiro atoms. The van der Waals surface area contributed by atoms with Crippen molar-refractivity contribution in [3.63, 3.8) is 0 Å². The fourth-order valence-corrected chi connectivity index (χ4v) is 4.53. The van der Waals surface area contributed by atoms with Crippen LogP contribution in [0.3, 0.4) is 0 Å². The van der Waals surface area contributed by atoms with Crippen molar-refractivity contribution >= 4 is 22.9 Å². The lowest BCUT2D eigenvalue weighted by Crippen LogP contribution is -2.38. The molecule has 4 aromatic rings. The zero-order valence-electron chi connectivity index (χ0n) is 19.4. The van der Waals surface area contributed by atoms with Crippen LogP contribution in [0.25, 0.3) is 16.8 Å². The third-order valence-electron chi connectivity index (χ3n) is 6.52. The Bertz CT molecular complexity index is 1300. The second-order valence-corrected chi connectivity index (χ2v) is 9.05. The first kappa shape index (κ1) is 21.2. The van der Waals surface area contributed by atoms with Gasteiger partial charge in [0.15, 0.2) is 5.82 Å². The number of carbonyl (C=O) groups excluding carboxylic acids is 1. The van der Waals surface area contributed by atoms with Gasteiger partial charge in [-0.2, -0.15) is 5.10 Å². The van der Waals surface area contributed by atoms with Crippen LogP contribution in [0.1, 0.15) is 29.5 Å². The number of fused-ring (bicyclic) bond motifs is 1. The number of hydrogen-bond donors (Lipinski definition) is 1. The lowest BCUT2D eigenvalue weighted by molar-refractivity contribution is -0.120. The van der Waals surface area contributed by atoms with Gasteiger partial charge in [-0.15, -0.1) is 0 Å². The zero-order valence-corrected chi connectivity index (χ0v) is 19.4. The van der Waals surface area contributed by atoms with Crippen molar-refractivity contribution in [3.8, 4) is 11.3 Å². The molecule has 5 rings (SSSR count). The van der Waals surface area contributed by atoms with Crippen LogP contribution in [-0.4, -0.2) is 33.6 Å². The molecule has 1 amide bonds. The first-order chi connectivity index (χ1) is 16.0. The summed E-state index contributed by atoms with van der Waals surface area (Å²) in [7, 11) is 0. The minimum atomic E-state index is 0.0118. The monoisotopic (exact) mass is 439 g/mol. The van der Waals surface area contributed by atoms with E-state index in [4.69, 9.17) is 5.10 Å². The van der Waals surface area contributed by atoms with E-state index in [1.165, 1.54) is 16.7 Å². The second-order valence-electron chi connectivity index (χ2n) is 9.05. The molecule has 2 aromatic carbocycles. The van der Waals surface area contributed by atoms with Crippen molar-refractivity contribution in [2.24, 2.45) is 5.92 Å². The van der Waals surface area contributed by atoms with Crippen molar-refractivity contribution in [2.45, 2.75) is 33.6 Å².